The van der Waals surface area contributed by atoms with Gasteiger partial charge in [0.1, 0.15) is 11.5 Å². The van der Waals surface area contributed by atoms with Gasteiger partial charge in [0, 0.05) is 24.7 Å². The summed E-state index contributed by atoms with van der Waals surface area (Å²) in [6.07, 6.45) is 4.67. The molecule has 9 heteroatoms. The minimum atomic E-state index is -3.15. The number of halogens is 3. The fraction of sp³-hybridized carbons (Fsp3) is 0.0625. The molecule has 3 aromatic rings. The molecule has 0 spiro atoms. The lowest BCUT2D eigenvalue weighted by molar-refractivity contribution is -0.0495. The summed E-state index contributed by atoms with van der Waals surface area (Å²) in [7, 11) is 0. The number of nitrogens with zero attached hydrogens (tertiary/aromatic N) is 3. The molecule has 2 aromatic heterocycles. The van der Waals surface area contributed by atoms with Gasteiger partial charge in [0.2, 0.25) is 0 Å². The lowest BCUT2D eigenvalue weighted by Crippen LogP contribution is -2.16. The number of anilines is 1. The van der Waals surface area contributed by atoms with E-state index in [4.69, 9.17) is 0 Å². The second kappa shape index (κ2) is 7.04. The highest BCUT2D eigenvalue weighted by molar-refractivity contribution is 6.03. The summed E-state index contributed by atoms with van der Waals surface area (Å²) in [4.78, 5) is 16.3. The Kier molecular flexibility index (Phi) is 4.64. The zero-order valence-electron chi connectivity index (χ0n) is 12.6. The van der Waals surface area contributed by atoms with Crippen LogP contribution < -0.4 is 10.1 Å². The molecule has 1 amide bonds. The highest BCUT2D eigenvalue weighted by Gasteiger charge is 2.15. The maximum atomic E-state index is 13.2. The van der Waals surface area contributed by atoms with Crippen LogP contribution in [0.4, 0.5) is 18.9 Å². The summed E-state index contributed by atoms with van der Waals surface area (Å²) >= 11 is 0. The molecule has 3 rings (SSSR count). The van der Waals surface area contributed by atoms with Gasteiger partial charge < -0.3 is 10.1 Å². The van der Waals surface area contributed by atoms with Crippen LogP contribution in [-0.4, -0.2) is 27.3 Å². The summed E-state index contributed by atoms with van der Waals surface area (Å²) in [6, 6.07) is 7.73. The lowest BCUT2D eigenvalue weighted by Gasteiger charge is -2.12. The maximum absolute atomic E-state index is 13.2. The average molecular weight is 348 g/mol. The largest absolute Gasteiger partial charge is 0.432 e. The first-order valence-electron chi connectivity index (χ1n) is 7.05. The van der Waals surface area contributed by atoms with Crippen molar-refractivity contribution in [3.05, 3.63) is 66.5 Å². The molecule has 1 N–H and O–H groups in total. The van der Waals surface area contributed by atoms with Crippen LogP contribution in [0.2, 0.25) is 0 Å². The molecule has 0 aliphatic carbocycles. The van der Waals surface area contributed by atoms with E-state index < -0.39 is 24.1 Å². The first kappa shape index (κ1) is 16.5. The molecule has 1 aromatic carbocycles. The minimum Gasteiger partial charge on any atom is -0.432 e. The first-order valence-corrected chi connectivity index (χ1v) is 7.05. The number of benzene rings is 1. The third-order valence-corrected chi connectivity index (χ3v) is 3.15. The summed E-state index contributed by atoms with van der Waals surface area (Å²) in [5, 5.41) is 6.42. The van der Waals surface area contributed by atoms with Gasteiger partial charge in [-0.2, -0.15) is 13.9 Å². The number of ether oxygens (including phenoxy) is 1. The number of pyridine rings is 1. The number of aromatic nitrogens is 3. The summed E-state index contributed by atoms with van der Waals surface area (Å²) in [6.45, 7) is -3.15. The van der Waals surface area contributed by atoms with Crippen molar-refractivity contribution in [1.82, 2.24) is 14.8 Å². The smallest absolute Gasteiger partial charge is 0.387 e. The van der Waals surface area contributed by atoms with Crippen molar-refractivity contribution in [1.29, 1.82) is 0 Å². The fourth-order valence-corrected chi connectivity index (χ4v) is 2.09. The molecule has 0 fully saturated rings. The maximum Gasteiger partial charge on any atom is 0.387 e. The number of nitrogens with one attached hydrogen (secondary N) is 1. The Morgan fingerprint density at radius 2 is 2.04 bits per heavy atom. The number of carbonyl (C=O) groups excluding carboxylic acids is 1. The van der Waals surface area contributed by atoms with Crippen LogP contribution in [0.3, 0.4) is 0 Å². The number of rotatable bonds is 5. The second-order valence-corrected chi connectivity index (χ2v) is 4.82. The van der Waals surface area contributed by atoms with Gasteiger partial charge in [-0.25, -0.2) is 9.07 Å². The van der Waals surface area contributed by atoms with Gasteiger partial charge in [-0.1, -0.05) is 0 Å². The Labute approximate surface area is 139 Å². The summed E-state index contributed by atoms with van der Waals surface area (Å²) in [5.74, 6) is -1.92. The van der Waals surface area contributed by atoms with Crippen LogP contribution in [-0.2, 0) is 0 Å². The van der Waals surface area contributed by atoms with Crippen LogP contribution in [0.15, 0.2) is 55.0 Å². The normalized spacial score (nSPS) is 10.7. The molecule has 0 radical (unpaired) electrons. The Bertz CT molecular complexity index is 885. The summed E-state index contributed by atoms with van der Waals surface area (Å²) in [5.41, 5.74) is 0.520. The molecule has 0 saturated heterocycles. The molecule has 6 nitrogen and oxygen atoms in total. The highest BCUT2D eigenvalue weighted by atomic mass is 19.3. The van der Waals surface area contributed by atoms with E-state index in [-0.39, 0.29) is 11.4 Å². The van der Waals surface area contributed by atoms with E-state index in [0.717, 1.165) is 18.2 Å². The number of alkyl halides is 2. The van der Waals surface area contributed by atoms with E-state index in [1.165, 1.54) is 16.9 Å². The van der Waals surface area contributed by atoms with Crippen LogP contribution in [0.5, 0.6) is 5.75 Å². The molecular weight excluding hydrogens is 337 g/mol. The van der Waals surface area contributed by atoms with Crippen molar-refractivity contribution < 1.29 is 22.7 Å². The van der Waals surface area contributed by atoms with E-state index in [1.54, 1.807) is 24.5 Å². The van der Waals surface area contributed by atoms with Gasteiger partial charge in [-0.15, -0.1) is 0 Å². The standard InChI is InChI=1S/C16H11F3N4O2/c17-10-2-3-12(14(8-10)25-16(18)19)22-15(24)13-9-11(4-6-20-13)23-7-1-5-21-23/h1-9,16H,(H,22,24). The predicted molar refractivity (Wildman–Crippen MR) is 82.3 cm³/mol. The summed E-state index contributed by atoms with van der Waals surface area (Å²) < 4.78 is 43.8. The van der Waals surface area contributed by atoms with Gasteiger partial charge in [-0.05, 0) is 30.3 Å². The van der Waals surface area contributed by atoms with Crippen molar-refractivity contribution in [2.24, 2.45) is 0 Å². The molecule has 0 saturated carbocycles. The van der Waals surface area contributed by atoms with Crippen LogP contribution in [0.25, 0.3) is 5.69 Å². The number of amides is 1. The van der Waals surface area contributed by atoms with E-state index in [1.807, 2.05) is 0 Å². The van der Waals surface area contributed by atoms with Gasteiger partial charge in [-0.3, -0.25) is 9.78 Å². The van der Waals surface area contributed by atoms with Gasteiger partial charge in [0.15, 0.2) is 5.75 Å². The molecular formula is C16H11F3N4O2. The van der Waals surface area contributed by atoms with Crippen molar-refractivity contribution in [3.8, 4) is 11.4 Å². The first-order chi connectivity index (χ1) is 12.0. The van der Waals surface area contributed by atoms with E-state index in [9.17, 15) is 18.0 Å². The van der Waals surface area contributed by atoms with Crippen LogP contribution >= 0.6 is 0 Å². The molecule has 0 atom stereocenters. The monoisotopic (exact) mass is 348 g/mol. The highest BCUT2D eigenvalue weighted by Crippen LogP contribution is 2.27. The SMILES string of the molecule is O=C(Nc1ccc(F)cc1OC(F)F)c1cc(-n2cccn2)ccn1. The molecule has 0 bridgehead atoms. The molecule has 2 heterocycles. The Morgan fingerprint density at radius 3 is 2.76 bits per heavy atom. The zero-order valence-corrected chi connectivity index (χ0v) is 12.6. The van der Waals surface area contributed by atoms with Crippen molar-refractivity contribution in [2.45, 2.75) is 6.61 Å². The third-order valence-electron chi connectivity index (χ3n) is 3.15. The molecule has 0 aliphatic rings. The zero-order chi connectivity index (χ0) is 17.8. The fourth-order valence-electron chi connectivity index (χ4n) is 2.09. The average Bonchev–Trinajstić information content (AvgIpc) is 3.11. The Hall–Kier alpha value is -3.36. The molecule has 25 heavy (non-hydrogen) atoms. The second-order valence-electron chi connectivity index (χ2n) is 4.82. The van der Waals surface area contributed by atoms with Crippen molar-refractivity contribution in [3.63, 3.8) is 0 Å². The molecule has 128 valence electrons. The number of carbonyl (C=O) groups is 1. The predicted octanol–water partition coefficient (Wildman–Crippen LogP) is 3.26. The Balaban J connectivity index is 1.84. The number of hydrogen-bond acceptors (Lipinski definition) is 4. The van der Waals surface area contributed by atoms with Crippen molar-refractivity contribution in [2.75, 3.05) is 5.32 Å². The van der Waals surface area contributed by atoms with Gasteiger partial charge in [0.25, 0.3) is 5.91 Å². The quantitative estimate of drug-likeness (QED) is 0.768. The molecule has 0 unspecified atom stereocenters. The Morgan fingerprint density at radius 1 is 1.20 bits per heavy atom. The topological polar surface area (TPSA) is 69.0 Å². The van der Waals surface area contributed by atoms with E-state index >= 15 is 0 Å². The van der Waals surface area contributed by atoms with Crippen molar-refractivity contribution >= 4 is 11.6 Å². The van der Waals surface area contributed by atoms with Gasteiger partial charge in [0.05, 0.1) is 11.4 Å². The third kappa shape index (κ3) is 3.94. The van der Waals surface area contributed by atoms with Crippen LogP contribution in [0, 0.1) is 5.82 Å². The lowest BCUT2D eigenvalue weighted by atomic mass is 10.2. The molecule has 0 aliphatic heterocycles. The van der Waals surface area contributed by atoms with E-state index in [0.29, 0.717) is 5.69 Å². The van der Waals surface area contributed by atoms with Gasteiger partial charge >= 0.3 is 6.61 Å². The van der Waals surface area contributed by atoms with E-state index in [2.05, 4.69) is 20.1 Å². The number of hydrogen-bond donors (Lipinski definition) is 1. The van der Waals surface area contributed by atoms with Crippen LogP contribution in [0.1, 0.15) is 10.5 Å². The minimum absolute atomic E-state index is 0.0281.